The smallest absolute Gasteiger partial charge is 0.123 e. The summed E-state index contributed by atoms with van der Waals surface area (Å²) in [5.41, 5.74) is 3.13. The van der Waals surface area contributed by atoms with Gasteiger partial charge in [-0.15, -0.1) is 0 Å². The Morgan fingerprint density at radius 2 is 1.94 bits per heavy atom. The molecule has 0 heterocycles. The standard InChI is InChI=1S/C15H13BrClF/c1-10-8-12(18)6-7-13(10)14(16)9-11-4-2-3-5-15(11)17/h2-8,14H,9H2,1H3. The molecule has 0 saturated carbocycles. The van der Waals surface area contributed by atoms with Gasteiger partial charge in [0.05, 0.1) is 0 Å². The summed E-state index contributed by atoms with van der Waals surface area (Å²) in [7, 11) is 0. The molecule has 2 aromatic carbocycles. The summed E-state index contributed by atoms with van der Waals surface area (Å²) in [6, 6.07) is 12.6. The van der Waals surface area contributed by atoms with Gasteiger partial charge in [-0.25, -0.2) is 4.39 Å². The molecule has 0 nitrogen and oxygen atoms in total. The average molecular weight is 328 g/mol. The van der Waals surface area contributed by atoms with Crippen LogP contribution in [0.5, 0.6) is 0 Å². The second-order valence-electron chi connectivity index (χ2n) is 4.26. The largest absolute Gasteiger partial charge is 0.207 e. The van der Waals surface area contributed by atoms with E-state index in [1.807, 2.05) is 37.3 Å². The van der Waals surface area contributed by atoms with Gasteiger partial charge in [-0.2, -0.15) is 0 Å². The van der Waals surface area contributed by atoms with Gasteiger partial charge in [0.15, 0.2) is 0 Å². The fourth-order valence-electron chi connectivity index (χ4n) is 1.96. The van der Waals surface area contributed by atoms with E-state index in [9.17, 15) is 4.39 Å². The highest BCUT2D eigenvalue weighted by Gasteiger charge is 2.13. The lowest BCUT2D eigenvalue weighted by Crippen LogP contribution is -1.99. The molecule has 0 radical (unpaired) electrons. The Morgan fingerprint density at radius 1 is 1.22 bits per heavy atom. The van der Waals surface area contributed by atoms with E-state index < -0.39 is 0 Å². The highest BCUT2D eigenvalue weighted by molar-refractivity contribution is 9.09. The topological polar surface area (TPSA) is 0 Å². The third kappa shape index (κ3) is 3.12. The molecule has 2 rings (SSSR count). The Bertz CT molecular complexity index is 554. The van der Waals surface area contributed by atoms with E-state index >= 15 is 0 Å². The third-order valence-electron chi connectivity index (χ3n) is 2.93. The molecule has 0 saturated heterocycles. The van der Waals surface area contributed by atoms with Crippen LogP contribution in [0.3, 0.4) is 0 Å². The number of alkyl halides is 1. The maximum Gasteiger partial charge on any atom is 0.123 e. The third-order valence-corrected chi connectivity index (χ3v) is 4.11. The lowest BCUT2D eigenvalue weighted by Gasteiger charge is -2.14. The van der Waals surface area contributed by atoms with Gasteiger partial charge in [0.2, 0.25) is 0 Å². The summed E-state index contributed by atoms with van der Waals surface area (Å²) in [6.45, 7) is 1.92. The Hall–Kier alpha value is -0.860. The molecule has 94 valence electrons. The zero-order valence-corrected chi connectivity index (χ0v) is 12.3. The SMILES string of the molecule is Cc1cc(F)ccc1C(Br)Cc1ccccc1Cl. The highest BCUT2D eigenvalue weighted by Crippen LogP contribution is 2.31. The maximum absolute atomic E-state index is 13.1. The minimum atomic E-state index is -0.200. The van der Waals surface area contributed by atoms with Crippen molar-refractivity contribution in [3.8, 4) is 0 Å². The van der Waals surface area contributed by atoms with Crippen LogP contribution in [-0.2, 0) is 6.42 Å². The van der Waals surface area contributed by atoms with Crippen molar-refractivity contribution in [2.24, 2.45) is 0 Å². The van der Waals surface area contributed by atoms with Crippen molar-refractivity contribution in [1.82, 2.24) is 0 Å². The van der Waals surface area contributed by atoms with Crippen LogP contribution in [0.25, 0.3) is 0 Å². The number of benzene rings is 2. The Kier molecular flexibility index (Phi) is 4.41. The van der Waals surface area contributed by atoms with Crippen LogP contribution in [0.4, 0.5) is 4.39 Å². The quantitative estimate of drug-likeness (QED) is 0.656. The fraction of sp³-hybridized carbons (Fsp3) is 0.200. The normalized spacial score (nSPS) is 12.4. The first-order valence-corrected chi connectivity index (χ1v) is 7.01. The molecule has 1 atom stereocenters. The number of rotatable bonds is 3. The van der Waals surface area contributed by atoms with E-state index in [4.69, 9.17) is 11.6 Å². The van der Waals surface area contributed by atoms with E-state index in [1.54, 1.807) is 6.07 Å². The van der Waals surface area contributed by atoms with Crippen molar-refractivity contribution in [3.05, 3.63) is 70.0 Å². The van der Waals surface area contributed by atoms with Gasteiger partial charge in [0.25, 0.3) is 0 Å². The molecule has 0 aliphatic heterocycles. The molecule has 0 aliphatic rings. The van der Waals surface area contributed by atoms with Gasteiger partial charge in [0, 0.05) is 9.85 Å². The summed E-state index contributed by atoms with van der Waals surface area (Å²) in [6.07, 6.45) is 0.784. The molecular weight excluding hydrogens is 315 g/mol. The zero-order chi connectivity index (χ0) is 13.1. The van der Waals surface area contributed by atoms with Gasteiger partial charge >= 0.3 is 0 Å². The molecule has 0 spiro atoms. The highest BCUT2D eigenvalue weighted by atomic mass is 79.9. The van der Waals surface area contributed by atoms with E-state index in [2.05, 4.69) is 15.9 Å². The van der Waals surface area contributed by atoms with Crippen LogP contribution in [0.15, 0.2) is 42.5 Å². The molecule has 2 aromatic rings. The van der Waals surface area contributed by atoms with Crippen LogP contribution in [0.2, 0.25) is 5.02 Å². The van der Waals surface area contributed by atoms with E-state index in [-0.39, 0.29) is 10.6 Å². The lowest BCUT2D eigenvalue weighted by atomic mass is 10.0. The van der Waals surface area contributed by atoms with Crippen LogP contribution >= 0.6 is 27.5 Å². The average Bonchev–Trinajstić information content (AvgIpc) is 2.32. The van der Waals surface area contributed by atoms with Gasteiger partial charge in [-0.05, 0) is 48.2 Å². The number of aryl methyl sites for hydroxylation is 1. The van der Waals surface area contributed by atoms with E-state index in [0.717, 1.165) is 28.1 Å². The number of hydrogen-bond donors (Lipinski definition) is 0. The van der Waals surface area contributed by atoms with Crippen molar-refractivity contribution in [2.75, 3.05) is 0 Å². The summed E-state index contributed by atoms with van der Waals surface area (Å²) < 4.78 is 13.1. The predicted octanol–water partition coefficient (Wildman–Crippen LogP) is 5.47. The Balaban J connectivity index is 2.22. The zero-order valence-electron chi connectivity index (χ0n) is 9.96. The first-order valence-electron chi connectivity index (χ1n) is 5.71. The van der Waals surface area contributed by atoms with Crippen LogP contribution in [0.1, 0.15) is 21.5 Å². The molecule has 3 heteroatoms. The van der Waals surface area contributed by atoms with Gasteiger partial charge in [-0.1, -0.05) is 51.8 Å². The molecule has 0 bridgehead atoms. The van der Waals surface area contributed by atoms with E-state index in [0.29, 0.717) is 0 Å². The molecule has 0 amide bonds. The molecule has 0 aromatic heterocycles. The monoisotopic (exact) mass is 326 g/mol. The minimum absolute atomic E-state index is 0.137. The number of halogens is 3. The van der Waals surface area contributed by atoms with Crippen molar-refractivity contribution >= 4 is 27.5 Å². The molecule has 0 N–H and O–H groups in total. The van der Waals surface area contributed by atoms with Crippen molar-refractivity contribution < 1.29 is 4.39 Å². The summed E-state index contributed by atoms with van der Waals surface area (Å²) in [5.74, 6) is -0.200. The molecule has 0 aliphatic carbocycles. The summed E-state index contributed by atoms with van der Waals surface area (Å²) in [5, 5.41) is 0.765. The first kappa shape index (κ1) is 13.6. The number of hydrogen-bond acceptors (Lipinski definition) is 0. The van der Waals surface area contributed by atoms with Crippen molar-refractivity contribution in [1.29, 1.82) is 0 Å². The van der Waals surface area contributed by atoms with Crippen LogP contribution in [-0.4, -0.2) is 0 Å². The van der Waals surface area contributed by atoms with Gasteiger partial charge in [-0.3, -0.25) is 0 Å². The van der Waals surface area contributed by atoms with Crippen LogP contribution < -0.4 is 0 Å². The minimum Gasteiger partial charge on any atom is -0.207 e. The van der Waals surface area contributed by atoms with Gasteiger partial charge in [0.1, 0.15) is 5.82 Å². The first-order chi connectivity index (χ1) is 8.58. The molecule has 0 fully saturated rings. The van der Waals surface area contributed by atoms with Crippen LogP contribution in [0, 0.1) is 12.7 Å². The van der Waals surface area contributed by atoms with Crippen molar-refractivity contribution in [3.63, 3.8) is 0 Å². The Labute approximate surface area is 120 Å². The lowest BCUT2D eigenvalue weighted by molar-refractivity contribution is 0.625. The Morgan fingerprint density at radius 3 is 2.61 bits per heavy atom. The second kappa shape index (κ2) is 5.85. The predicted molar refractivity (Wildman–Crippen MR) is 78.0 cm³/mol. The van der Waals surface area contributed by atoms with Crippen molar-refractivity contribution in [2.45, 2.75) is 18.2 Å². The van der Waals surface area contributed by atoms with Gasteiger partial charge < -0.3 is 0 Å². The molecule has 1 unspecified atom stereocenters. The summed E-state index contributed by atoms with van der Waals surface area (Å²) in [4.78, 5) is 0.137. The second-order valence-corrected chi connectivity index (χ2v) is 5.78. The molecule has 18 heavy (non-hydrogen) atoms. The van der Waals surface area contributed by atoms with E-state index in [1.165, 1.54) is 6.07 Å². The fourth-order valence-corrected chi connectivity index (χ4v) is 3.03. The summed E-state index contributed by atoms with van der Waals surface area (Å²) >= 11 is 9.79. The maximum atomic E-state index is 13.1. The molecular formula is C15H13BrClF.